The van der Waals surface area contributed by atoms with Gasteiger partial charge in [-0.1, -0.05) is 24.3 Å². The first kappa shape index (κ1) is 16.6. The predicted molar refractivity (Wildman–Crippen MR) is 86.8 cm³/mol. The second-order valence-corrected chi connectivity index (χ2v) is 4.99. The fraction of sp³-hybridized carbons (Fsp3) is 0.235. The van der Waals surface area contributed by atoms with Crippen molar-refractivity contribution in [3.05, 3.63) is 59.9 Å². The number of carbonyl (C=O) groups excluding carboxylic acids is 2. The van der Waals surface area contributed by atoms with Gasteiger partial charge in [-0.3, -0.25) is 14.6 Å². The van der Waals surface area contributed by atoms with Crippen LogP contribution in [0.5, 0.6) is 0 Å². The number of benzene rings is 1. The third-order valence-electron chi connectivity index (χ3n) is 3.39. The predicted octanol–water partition coefficient (Wildman–Crippen LogP) is 1.83. The molecule has 6 heteroatoms. The van der Waals surface area contributed by atoms with E-state index in [4.69, 9.17) is 4.74 Å². The Balaban J connectivity index is 1.92. The zero-order valence-electron chi connectivity index (χ0n) is 13.1. The van der Waals surface area contributed by atoms with E-state index in [2.05, 4.69) is 15.6 Å². The number of amides is 2. The van der Waals surface area contributed by atoms with E-state index in [9.17, 15) is 9.59 Å². The number of ether oxygens (including phenoxy) is 1. The van der Waals surface area contributed by atoms with Crippen molar-refractivity contribution >= 4 is 17.5 Å². The molecule has 0 aliphatic heterocycles. The maximum absolute atomic E-state index is 11.9. The van der Waals surface area contributed by atoms with Crippen LogP contribution < -0.4 is 10.6 Å². The first-order chi connectivity index (χ1) is 11.1. The number of hydrogen-bond acceptors (Lipinski definition) is 4. The van der Waals surface area contributed by atoms with E-state index in [1.807, 2.05) is 31.2 Å². The number of carbonyl (C=O) groups is 2. The summed E-state index contributed by atoms with van der Waals surface area (Å²) < 4.78 is 5.41. The monoisotopic (exact) mass is 313 g/mol. The highest BCUT2D eigenvalue weighted by Crippen LogP contribution is 2.19. The lowest BCUT2D eigenvalue weighted by Crippen LogP contribution is -2.38. The molecule has 0 fully saturated rings. The zero-order valence-corrected chi connectivity index (χ0v) is 13.1. The normalized spacial score (nSPS) is 11.6. The molecule has 0 unspecified atom stereocenters. The first-order valence-electron chi connectivity index (χ1n) is 7.19. The van der Waals surface area contributed by atoms with Crippen molar-refractivity contribution in [2.75, 3.05) is 19.0 Å². The summed E-state index contributed by atoms with van der Waals surface area (Å²) in [6.45, 7) is 2.18. The van der Waals surface area contributed by atoms with Crippen LogP contribution in [-0.4, -0.2) is 30.5 Å². The molecular weight excluding hydrogens is 294 g/mol. The average Bonchev–Trinajstić information content (AvgIpc) is 2.57. The molecule has 0 saturated heterocycles. The molecule has 2 N–H and O–H groups in total. The van der Waals surface area contributed by atoms with E-state index in [1.165, 1.54) is 6.20 Å². The summed E-state index contributed by atoms with van der Waals surface area (Å²) in [5.74, 6) is -1.46. The van der Waals surface area contributed by atoms with Gasteiger partial charge >= 0.3 is 11.8 Å². The van der Waals surface area contributed by atoms with E-state index in [1.54, 1.807) is 25.4 Å². The van der Waals surface area contributed by atoms with Crippen molar-refractivity contribution in [3.8, 4) is 0 Å². The van der Waals surface area contributed by atoms with E-state index in [0.29, 0.717) is 5.69 Å². The molecular formula is C17H19N3O3. The largest absolute Gasteiger partial charge is 0.375 e. The van der Waals surface area contributed by atoms with Crippen LogP contribution in [0.4, 0.5) is 5.69 Å². The van der Waals surface area contributed by atoms with E-state index in [0.717, 1.165) is 11.1 Å². The topological polar surface area (TPSA) is 80.3 Å². The van der Waals surface area contributed by atoms with Gasteiger partial charge < -0.3 is 15.4 Å². The van der Waals surface area contributed by atoms with Crippen LogP contribution in [-0.2, 0) is 14.3 Å². The molecule has 0 aliphatic carbocycles. The Morgan fingerprint density at radius 3 is 2.61 bits per heavy atom. The summed E-state index contributed by atoms with van der Waals surface area (Å²) in [6.07, 6.45) is 2.74. The van der Waals surface area contributed by atoms with Gasteiger partial charge in [-0.2, -0.15) is 0 Å². The summed E-state index contributed by atoms with van der Waals surface area (Å²) in [5.41, 5.74) is 2.51. The van der Waals surface area contributed by atoms with Gasteiger partial charge in [0.2, 0.25) is 0 Å². The van der Waals surface area contributed by atoms with Gasteiger partial charge in [-0.25, -0.2) is 0 Å². The minimum Gasteiger partial charge on any atom is -0.375 e. The number of aromatic nitrogens is 1. The number of aryl methyl sites for hydroxylation is 1. The van der Waals surface area contributed by atoms with E-state index in [-0.39, 0.29) is 12.6 Å². The lowest BCUT2D eigenvalue weighted by atomic mass is 10.0. The molecule has 0 aliphatic rings. The molecule has 0 bridgehead atoms. The van der Waals surface area contributed by atoms with Crippen molar-refractivity contribution in [1.82, 2.24) is 10.3 Å². The highest BCUT2D eigenvalue weighted by molar-refractivity contribution is 6.39. The molecule has 0 radical (unpaired) electrons. The fourth-order valence-electron chi connectivity index (χ4n) is 2.16. The minimum absolute atomic E-state index is 0.209. The molecule has 0 spiro atoms. The van der Waals surface area contributed by atoms with Gasteiger partial charge in [-0.15, -0.1) is 0 Å². The Morgan fingerprint density at radius 2 is 1.96 bits per heavy atom. The van der Waals surface area contributed by atoms with E-state index < -0.39 is 11.8 Å². The summed E-state index contributed by atoms with van der Waals surface area (Å²) >= 11 is 0. The van der Waals surface area contributed by atoms with Gasteiger partial charge in [-0.05, 0) is 30.2 Å². The second kappa shape index (κ2) is 8.05. The van der Waals surface area contributed by atoms with Gasteiger partial charge in [0.25, 0.3) is 0 Å². The number of pyridine rings is 1. The zero-order chi connectivity index (χ0) is 16.7. The van der Waals surface area contributed by atoms with E-state index >= 15 is 0 Å². The average molecular weight is 313 g/mol. The van der Waals surface area contributed by atoms with Crippen LogP contribution in [0.1, 0.15) is 17.2 Å². The highest BCUT2D eigenvalue weighted by Gasteiger charge is 2.18. The van der Waals surface area contributed by atoms with Gasteiger partial charge in [0.15, 0.2) is 0 Å². The van der Waals surface area contributed by atoms with Crippen molar-refractivity contribution in [1.29, 1.82) is 0 Å². The molecule has 1 aromatic carbocycles. The molecule has 2 amide bonds. The number of rotatable bonds is 5. The molecule has 120 valence electrons. The molecule has 1 atom stereocenters. The maximum Gasteiger partial charge on any atom is 0.313 e. The Morgan fingerprint density at radius 1 is 1.17 bits per heavy atom. The van der Waals surface area contributed by atoms with Gasteiger partial charge in [0.1, 0.15) is 0 Å². The van der Waals surface area contributed by atoms with Crippen LogP contribution >= 0.6 is 0 Å². The molecule has 2 aromatic rings. The third kappa shape index (κ3) is 4.62. The quantitative estimate of drug-likeness (QED) is 0.825. The summed E-state index contributed by atoms with van der Waals surface area (Å²) in [7, 11) is 1.57. The molecule has 23 heavy (non-hydrogen) atoms. The number of nitrogens with zero attached hydrogens (tertiary/aromatic N) is 1. The Kier molecular flexibility index (Phi) is 5.82. The minimum atomic E-state index is -0.738. The van der Waals surface area contributed by atoms with Crippen LogP contribution in [0.25, 0.3) is 0 Å². The SMILES string of the molecule is CO[C@@H](CNC(=O)C(=O)Nc1cccnc1)c1ccccc1C. The first-order valence-corrected chi connectivity index (χ1v) is 7.19. The fourth-order valence-corrected chi connectivity index (χ4v) is 2.16. The lowest BCUT2D eigenvalue weighted by molar-refractivity contribution is -0.136. The second-order valence-electron chi connectivity index (χ2n) is 4.99. The number of anilines is 1. The van der Waals surface area contributed by atoms with Crippen molar-refractivity contribution in [2.45, 2.75) is 13.0 Å². The Bertz CT molecular complexity index is 674. The standard InChI is InChI=1S/C17H19N3O3/c1-12-6-3-4-8-14(12)15(23-2)11-19-16(21)17(22)20-13-7-5-9-18-10-13/h3-10,15H,11H2,1-2H3,(H,19,21)(H,20,22)/t15-/m0/s1. The van der Waals surface area contributed by atoms with Crippen LogP contribution in [0, 0.1) is 6.92 Å². The Labute approximate surface area is 134 Å². The van der Waals surface area contributed by atoms with Gasteiger partial charge in [0.05, 0.1) is 18.0 Å². The van der Waals surface area contributed by atoms with Crippen LogP contribution in [0.2, 0.25) is 0 Å². The van der Waals surface area contributed by atoms with Gasteiger partial charge in [0, 0.05) is 19.9 Å². The number of hydrogen-bond donors (Lipinski definition) is 2. The molecule has 2 rings (SSSR count). The van der Waals surface area contributed by atoms with Crippen molar-refractivity contribution in [3.63, 3.8) is 0 Å². The Hall–Kier alpha value is -2.73. The lowest BCUT2D eigenvalue weighted by Gasteiger charge is -2.18. The smallest absolute Gasteiger partial charge is 0.313 e. The highest BCUT2D eigenvalue weighted by atomic mass is 16.5. The summed E-state index contributed by atoms with van der Waals surface area (Å²) in [5, 5.41) is 5.06. The summed E-state index contributed by atoms with van der Waals surface area (Å²) in [4.78, 5) is 27.6. The summed E-state index contributed by atoms with van der Waals surface area (Å²) in [6, 6.07) is 11.1. The number of methoxy groups -OCH3 is 1. The molecule has 0 saturated carbocycles. The third-order valence-corrected chi connectivity index (χ3v) is 3.39. The number of nitrogens with one attached hydrogen (secondary N) is 2. The van der Waals surface area contributed by atoms with Crippen LogP contribution in [0.15, 0.2) is 48.8 Å². The molecule has 6 nitrogen and oxygen atoms in total. The molecule has 1 heterocycles. The van der Waals surface area contributed by atoms with Crippen molar-refractivity contribution < 1.29 is 14.3 Å². The van der Waals surface area contributed by atoms with Crippen molar-refractivity contribution in [2.24, 2.45) is 0 Å². The molecule has 1 aromatic heterocycles. The maximum atomic E-state index is 11.9. The van der Waals surface area contributed by atoms with Crippen LogP contribution in [0.3, 0.4) is 0 Å².